The minimum absolute atomic E-state index is 0.0152. The number of piperidine rings is 1. The maximum atomic E-state index is 13.7. The van der Waals surface area contributed by atoms with Gasteiger partial charge in [0, 0.05) is 31.1 Å². The molecular formula is C26H25Cl2F3N2O5. The van der Waals surface area contributed by atoms with Crippen LogP contribution in [0.5, 0.6) is 5.75 Å². The van der Waals surface area contributed by atoms with Gasteiger partial charge in [0.05, 0.1) is 26.7 Å². The van der Waals surface area contributed by atoms with E-state index in [2.05, 4.69) is 4.74 Å². The van der Waals surface area contributed by atoms with Crippen molar-refractivity contribution in [3.05, 3.63) is 62.8 Å². The van der Waals surface area contributed by atoms with Crippen LogP contribution in [0.1, 0.15) is 51.1 Å². The number of amides is 1. The fourth-order valence-electron chi connectivity index (χ4n) is 4.92. The van der Waals surface area contributed by atoms with Crippen molar-refractivity contribution >= 4 is 45.9 Å². The number of aliphatic hydroxyl groups excluding tert-OH is 1. The quantitative estimate of drug-likeness (QED) is 0.382. The third-order valence-corrected chi connectivity index (χ3v) is 7.40. The van der Waals surface area contributed by atoms with Crippen molar-refractivity contribution < 1.29 is 37.7 Å². The number of rotatable bonds is 5. The number of fused-ring (bicyclic) bond motifs is 1. The summed E-state index contributed by atoms with van der Waals surface area (Å²) in [5.41, 5.74) is 1.23. The third-order valence-electron chi connectivity index (χ3n) is 6.70. The van der Waals surface area contributed by atoms with E-state index >= 15 is 0 Å². The Morgan fingerprint density at radius 2 is 1.74 bits per heavy atom. The Hall–Kier alpha value is -2.79. The van der Waals surface area contributed by atoms with Gasteiger partial charge in [-0.15, -0.1) is 13.2 Å². The molecule has 2 heterocycles. The van der Waals surface area contributed by atoms with Crippen molar-refractivity contribution in [3.63, 3.8) is 0 Å². The van der Waals surface area contributed by atoms with Gasteiger partial charge in [-0.2, -0.15) is 0 Å². The Kier molecular flexibility index (Phi) is 7.99. The molecule has 1 saturated heterocycles. The number of aromatic nitrogens is 1. The summed E-state index contributed by atoms with van der Waals surface area (Å²) in [5, 5.41) is 18.7. The first kappa shape index (κ1) is 28.2. The van der Waals surface area contributed by atoms with Crippen molar-refractivity contribution in [2.45, 2.75) is 45.8 Å². The highest BCUT2D eigenvalue weighted by atomic mass is 35.5. The number of nitrogens with zero attached hydrogens (tertiary/aromatic N) is 2. The summed E-state index contributed by atoms with van der Waals surface area (Å²) in [5.74, 6) is -1.36. The van der Waals surface area contributed by atoms with E-state index in [-0.39, 0.29) is 39.4 Å². The van der Waals surface area contributed by atoms with E-state index in [1.165, 1.54) is 35.0 Å². The topological polar surface area (TPSA) is 92.0 Å². The molecule has 0 radical (unpaired) electrons. The van der Waals surface area contributed by atoms with E-state index in [9.17, 15) is 33.0 Å². The molecular weight excluding hydrogens is 548 g/mol. The molecule has 0 unspecified atom stereocenters. The first-order chi connectivity index (χ1) is 17.8. The van der Waals surface area contributed by atoms with Crippen LogP contribution in [0.25, 0.3) is 10.9 Å². The minimum atomic E-state index is -4.87. The highest BCUT2D eigenvalue weighted by Gasteiger charge is 2.32. The van der Waals surface area contributed by atoms with Gasteiger partial charge in [0.2, 0.25) is 0 Å². The van der Waals surface area contributed by atoms with Crippen LogP contribution in [0, 0.1) is 19.8 Å². The van der Waals surface area contributed by atoms with Gasteiger partial charge in [-0.25, -0.2) is 0 Å². The molecule has 1 fully saturated rings. The number of carbonyl (C=O) groups excluding carboxylic acids is 2. The number of aryl methyl sites for hydroxylation is 2. The molecule has 0 spiro atoms. The summed E-state index contributed by atoms with van der Waals surface area (Å²) in [6, 6.07) is 5.24. The molecule has 2 aromatic carbocycles. The number of ether oxygens (including phenoxy) is 1. The maximum Gasteiger partial charge on any atom is 0.573 e. The smallest absolute Gasteiger partial charge is 0.406 e. The molecule has 7 nitrogen and oxygen atoms in total. The van der Waals surface area contributed by atoms with E-state index in [1.54, 1.807) is 18.7 Å². The monoisotopic (exact) mass is 572 g/mol. The van der Waals surface area contributed by atoms with Gasteiger partial charge in [0.1, 0.15) is 5.75 Å². The summed E-state index contributed by atoms with van der Waals surface area (Å²) in [7, 11) is 0. The van der Waals surface area contributed by atoms with Gasteiger partial charge in [0.25, 0.3) is 11.8 Å². The summed E-state index contributed by atoms with van der Waals surface area (Å²) in [4.78, 5) is 28.5. The van der Waals surface area contributed by atoms with E-state index in [0.717, 1.165) is 0 Å². The largest absolute Gasteiger partial charge is 0.573 e. The molecule has 1 aromatic heterocycles. The van der Waals surface area contributed by atoms with Gasteiger partial charge in [-0.3, -0.25) is 14.2 Å². The van der Waals surface area contributed by atoms with Crippen LogP contribution in [0.3, 0.4) is 0 Å². The van der Waals surface area contributed by atoms with E-state index in [4.69, 9.17) is 23.2 Å². The second-order valence-corrected chi connectivity index (χ2v) is 10.2. The van der Waals surface area contributed by atoms with Crippen molar-refractivity contribution in [1.82, 2.24) is 9.47 Å². The Balaban J connectivity index is 1.67. The van der Waals surface area contributed by atoms with Crippen LogP contribution in [0.15, 0.2) is 30.5 Å². The van der Waals surface area contributed by atoms with Crippen molar-refractivity contribution in [3.8, 4) is 5.75 Å². The number of hydrogen-bond donors (Lipinski definition) is 2. The summed E-state index contributed by atoms with van der Waals surface area (Å²) in [6.45, 7) is 3.98. The standard InChI is InChI=1S/C26H25Cl2F3N2O5/c1-13-9-16(38-26(29,30)31)11-18-14(2)12-33(23(13)18)25(37)21-19(27)4-3-17(22(21)28)24(36)32-7-5-15(6-8-32)10-20(34)35/h3-4,9,11-12,15,20,34-35H,5-8,10H2,1-2H3. The van der Waals surface area contributed by atoms with Crippen LogP contribution in [0.2, 0.25) is 10.0 Å². The number of likely N-dealkylation sites (tertiary alicyclic amines) is 1. The Bertz CT molecular complexity index is 1400. The lowest BCUT2D eigenvalue weighted by Crippen LogP contribution is -2.39. The molecule has 1 aliphatic rings. The molecule has 0 saturated carbocycles. The highest BCUT2D eigenvalue weighted by Crippen LogP contribution is 2.35. The zero-order chi connectivity index (χ0) is 27.9. The minimum Gasteiger partial charge on any atom is -0.406 e. The fraction of sp³-hybridized carbons (Fsp3) is 0.385. The van der Waals surface area contributed by atoms with Crippen LogP contribution in [-0.4, -0.2) is 57.2 Å². The van der Waals surface area contributed by atoms with Gasteiger partial charge < -0.3 is 19.8 Å². The second-order valence-electron chi connectivity index (χ2n) is 9.41. The number of hydrogen-bond acceptors (Lipinski definition) is 5. The van der Waals surface area contributed by atoms with Gasteiger partial charge in [-0.1, -0.05) is 23.2 Å². The lowest BCUT2D eigenvalue weighted by atomic mass is 9.93. The van der Waals surface area contributed by atoms with E-state index < -0.39 is 24.3 Å². The Morgan fingerprint density at radius 3 is 2.34 bits per heavy atom. The van der Waals surface area contributed by atoms with Crippen LogP contribution >= 0.6 is 23.2 Å². The molecule has 0 bridgehead atoms. The predicted molar refractivity (Wildman–Crippen MR) is 136 cm³/mol. The molecule has 0 atom stereocenters. The molecule has 12 heteroatoms. The third kappa shape index (κ3) is 5.78. The number of carbonyl (C=O) groups is 2. The Morgan fingerprint density at radius 1 is 1.08 bits per heavy atom. The first-order valence-corrected chi connectivity index (χ1v) is 12.6. The molecule has 1 aliphatic heterocycles. The lowest BCUT2D eigenvalue weighted by Gasteiger charge is -2.32. The molecule has 1 amide bonds. The van der Waals surface area contributed by atoms with Gasteiger partial charge >= 0.3 is 6.36 Å². The molecule has 4 rings (SSSR count). The molecule has 38 heavy (non-hydrogen) atoms. The lowest BCUT2D eigenvalue weighted by molar-refractivity contribution is -0.274. The predicted octanol–water partition coefficient (Wildman–Crippen LogP) is 5.71. The van der Waals surface area contributed by atoms with Crippen molar-refractivity contribution in [2.24, 2.45) is 5.92 Å². The fourth-order valence-corrected chi connectivity index (χ4v) is 5.53. The average Bonchev–Trinajstić information content (AvgIpc) is 3.14. The number of aliphatic hydroxyl groups is 2. The number of halogens is 5. The van der Waals surface area contributed by atoms with Crippen LogP contribution in [-0.2, 0) is 0 Å². The summed E-state index contributed by atoms with van der Waals surface area (Å²) in [6.07, 6.45) is -3.38. The second kappa shape index (κ2) is 10.8. The maximum absolute atomic E-state index is 13.7. The number of alkyl halides is 3. The molecule has 3 aromatic rings. The average molecular weight is 573 g/mol. The normalized spacial score (nSPS) is 14.9. The highest BCUT2D eigenvalue weighted by molar-refractivity contribution is 6.41. The van der Waals surface area contributed by atoms with E-state index in [1.807, 2.05) is 0 Å². The Labute approximate surface area is 226 Å². The molecule has 204 valence electrons. The molecule has 0 aliphatic carbocycles. The SMILES string of the molecule is Cc1cn(C(=O)c2c(Cl)ccc(C(=O)N3CCC(CC(O)O)CC3)c2Cl)c2c(C)cc(OC(F)(F)F)cc12. The van der Waals surface area contributed by atoms with Crippen LogP contribution < -0.4 is 4.74 Å². The zero-order valence-corrected chi connectivity index (χ0v) is 22.0. The zero-order valence-electron chi connectivity index (χ0n) is 20.5. The van der Waals surface area contributed by atoms with E-state index in [0.29, 0.717) is 48.0 Å². The summed E-state index contributed by atoms with van der Waals surface area (Å²) < 4.78 is 43.6. The molecule has 2 N–H and O–H groups in total. The first-order valence-electron chi connectivity index (χ1n) is 11.8. The number of benzene rings is 2. The van der Waals surface area contributed by atoms with Crippen LogP contribution in [0.4, 0.5) is 13.2 Å². The van der Waals surface area contributed by atoms with Crippen molar-refractivity contribution in [2.75, 3.05) is 13.1 Å². The van der Waals surface area contributed by atoms with Gasteiger partial charge in [0.15, 0.2) is 6.29 Å². The summed E-state index contributed by atoms with van der Waals surface area (Å²) >= 11 is 13.0. The van der Waals surface area contributed by atoms with Crippen molar-refractivity contribution in [1.29, 1.82) is 0 Å². The van der Waals surface area contributed by atoms with Gasteiger partial charge in [-0.05, 0) is 68.0 Å².